The van der Waals surface area contributed by atoms with Gasteiger partial charge in [0, 0.05) is 17.3 Å². The molecule has 11 nitrogen and oxygen atoms in total. The third kappa shape index (κ3) is 7.15. The van der Waals surface area contributed by atoms with Crippen molar-refractivity contribution in [1.82, 2.24) is 24.6 Å². The maximum absolute atomic E-state index is 14.1. The number of ether oxygens (including phenoxy) is 2. The molecule has 4 heterocycles. The van der Waals surface area contributed by atoms with Gasteiger partial charge in [-0.3, -0.25) is 4.90 Å². The van der Waals surface area contributed by atoms with Crippen LogP contribution in [-0.2, 0) is 29.8 Å². The minimum atomic E-state index is -5.21. The summed E-state index contributed by atoms with van der Waals surface area (Å²) in [6.45, 7) is -0.990. The first-order valence-electron chi connectivity index (χ1n) is 15.3. The van der Waals surface area contributed by atoms with Gasteiger partial charge in [-0.2, -0.15) is 44.6 Å². The third-order valence-corrected chi connectivity index (χ3v) is 8.62. The topological polar surface area (TPSA) is 123 Å². The Labute approximate surface area is 295 Å². The third-order valence-electron chi connectivity index (χ3n) is 8.62. The number of hydrogen-bond donors (Lipinski definition) is 1. The average molecular weight is 781 g/mol. The van der Waals surface area contributed by atoms with E-state index in [-0.39, 0.29) is 40.3 Å². The summed E-state index contributed by atoms with van der Waals surface area (Å²) >= 11 is 0. The number of alkyl halides is 11. The Morgan fingerprint density at radius 3 is 2.11 bits per heavy atom. The molecule has 0 aliphatic carbocycles. The van der Waals surface area contributed by atoms with Gasteiger partial charge in [0.25, 0.3) is 5.92 Å². The number of aromatic nitrogens is 4. The number of carboxylic acid groups (broad SMARTS) is 1. The SMILES string of the molecule is COc1ccc(-n2ncc(C(=O)O)c2C(F)(F)F)cc1-c1cnc(N2CC(F)(F)C2)nc1CN1C(=O)O[C@H](c2cc(C(F)(F)F)cc(C(F)(F)F)c2)[C@@H]1C. The van der Waals surface area contributed by atoms with Crippen molar-refractivity contribution in [2.45, 2.75) is 50.1 Å². The molecule has 1 amide bonds. The lowest BCUT2D eigenvalue weighted by Gasteiger charge is -2.38. The van der Waals surface area contributed by atoms with Gasteiger partial charge in [0.05, 0.1) is 61.5 Å². The monoisotopic (exact) mass is 780 g/mol. The zero-order valence-electron chi connectivity index (χ0n) is 27.3. The number of benzene rings is 2. The largest absolute Gasteiger partial charge is 0.496 e. The average Bonchev–Trinajstić information content (AvgIpc) is 3.64. The van der Waals surface area contributed by atoms with Crippen molar-refractivity contribution in [2.24, 2.45) is 0 Å². The number of cyclic esters (lactones) is 1. The summed E-state index contributed by atoms with van der Waals surface area (Å²) < 4.78 is 162. The fourth-order valence-corrected chi connectivity index (χ4v) is 6.03. The second-order valence-corrected chi connectivity index (χ2v) is 12.3. The van der Waals surface area contributed by atoms with Gasteiger partial charge in [0.15, 0.2) is 5.69 Å². The lowest BCUT2D eigenvalue weighted by atomic mass is 9.97. The summed E-state index contributed by atoms with van der Waals surface area (Å²) in [6, 6.07) is 2.83. The number of aromatic carboxylic acids is 1. The number of carbonyl (C=O) groups is 2. The van der Waals surface area contributed by atoms with Gasteiger partial charge in [0.2, 0.25) is 5.95 Å². The summed E-state index contributed by atoms with van der Waals surface area (Å²) in [6.07, 6.45) is -16.9. The number of carboxylic acids is 1. The number of hydrogen-bond acceptors (Lipinski definition) is 8. The van der Waals surface area contributed by atoms with Gasteiger partial charge in [0.1, 0.15) is 17.4 Å². The summed E-state index contributed by atoms with van der Waals surface area (Å²) in [5.74, 6) is -5.34. The quantitative estimate of drug-likeness (QED) is 0.180. The Kier molecular flexibility index (Phi) is 9.16. The molecule has 22 heteroatoms. The van der Waals surface area contributed by atoms with E-state index in [2.05, 4.69) is 15.1 Å². The molecule has 0 saturated carbocycles. The van der Waals surface area contributed by atoms with Crippen molar-refractivity contribution < 1.29 is 72.5 Å². The van der Waals surface area contributed by atoms with E-state index in [1.54, 1.807) is 0 Å². The Balaban J connectivity index is 1.44. The minimum Gasteiger partial charge on any atom is -0.496 e. The molecule has 0 radical (unpaired) electrons. The molecule has 0 unspecified atom stereocenters. The van der Waals surface area contributed by atoms with Crippen LogP contribution in [0.4, 0.5) is 59.0 Å². The Morgan fingerprint density at radius 2 is 1.57 bits per heavy atom. The van der Waals surface area contributed by atoms with E-state index in [4.69, 9.17) is 9.47 Å². The Bertz CT molecular complexity index is 2090. The first-order valence-corrected chi connectivity index (χ1v) is 15.3. The normalized spacial score (nSPS) is 18.8. The minimum absolute atomic E-state index is 0.0374. The van der Waals surface area contributed by atoms with E-state index in [1.807, 2.05) is 0 Å². The van der Waals surface area contributed by atoms with Crippen molar-refractivity contribution in [2.75, 3.05) is 25.1 Å². The van der Waals surface area contributed by atoms with E-state index in [9.17, 15) is 63.0 Å². The highest BCUT2D eigenvalue weighted by molar-refractivity contribution is 5.89. The van der Waals surface area contributed by atoms with E-state index < -0.39 is 96.2 Å². The number of halogens is 11. The van der Waals surface area contributed by atoms with Gasteiger partial charge < -0.3 is 19.5 Å². The fourth-order valence-electron chi connectivity index (χ4n) is 6.03. The molecule has 2 saturated heterocycles. The van der Waals surface area contributed by atoms with Gasteiger partial charge in [-0.1, -0.05) is 0 Å². The van der Waals surface area contributed by atoms with Crippen LogP contribution in [0.25, 0.3) is 16.8 Å². The number of amides is 1. The second kappa shape index (κ2) is 13.0. The molecule has 0 spiro atoms. The van der Waals surface area contributed by atoms with Crippen LogP contribution in [0.2, 0.25) is 0 Å². The highest BCUT2D eigenvalue weighted by Gasteiger charge is 2.47. The molecule has 2 fully saturated rings. The molecular weight excluding hydrogens is 757 g/mol. The molecule has 288 valence electrons. The molecule has 2 aliphatic heterocycles. The van der Waals surface area contributed by atoms with E-state index in [0.29, 0.717) is 23.0 Å². The summed E-state index contributed by atoms with van der Waals surface area (Å²) in [4.78, 5) is 35.2. The van der Waals surface area contributed by atoms with Crippen LogP contribution >= 0.6 is 0 Å². The standard InChI is InChI=1S/C32H23F11N6O5/c1-14-24(15-5-16(30(35,36)37)7-17(6-15)31(38,39)40)54-28(52)48(14)11-22-20(9-44-27(46-22)47-12-29(33,34)13-47)19-8-18(3-4-23(19)53-2)49-25(32(41,42)43)21(10-45-49)26(50)51/h3-10,14,24H,11-13H2,1-2H3,(H,50,51)/t14-,24-/m0/s1. The zero-order chi connectivity index (χ0) is 39.7. The van der Waals surface area contributed by atoms with Gasteiger partial charge in [-0.05, 0) is 48.9 Å². The second-order valence-electron chi connectivity index (χ2n) is 12.3. The van der Waals surface area contributed by atoms with E-state index in [1.165, 1.54) is 20.1 Å². The van der Waals surface area contributed by atoms with Crippen LogP contribution in [0.1, 0.15) is 51.5 Å². The highest BCUT2D eigenvalue weighted by Crippen LogP contribution is 2.43. The summed E-state index contributed by atoms with van der Waals surface area (Å²) in [5.41, 5.74) is -7.44. The molecule has 2 aliphatic rings. The lowest BCUT2D eigenvalue weighted by Crippen LogP contribution is -2.57. The first kappa shape index (κ1) is 38.0. The number of anilines is 1. The predicted octanol–water partition coefficient (Wildman–Crippen LogP) is 7.63. The predicted molar refractivity (Wildman–Crippen MR) is 161 cm³/mol. The van der Waals surface area contributed by atoms with Crippen LogP contribution < -0.4 is 9.64 Å². The van der Waals surface area contributed by atoms with Crippen LogP contribution in [0.3, 0.4) is 0 Å². The molecule has 1 N–H and O–H groups in total. The van der Waals surface area contributed by atoms with E-state index >= 15 is 0 Å². The maximum atomic E-state index is 14.1. The lowest BCUT2D eigenvalue weighted by molar-refractivity contribution is -0.144. The molecule has 2 aromatic carbocycles. The van der Waals surface area contributed by atoms with Crippen molar-refractivity contribution in [1.29, 1.82) is 0 Å². The van der Waals surface area contributed by atoms with Crippen LogP contribution in [0, 0.1) is 0 Å². The fraction of sp³-hybridized carbons (Fsp3) is 0.344. The molecule has 0 bridgehead atoms. The van der Waals surface area contributed by atoms with Crippen molar-refractivity contribution in [3.05, 3.63) is 82.4 Å². The zero-order valence-corrected chi connectivity index (χ0v) is 27.3. The number of nitrogens with zero attached hydrogens (tertiary/aromatic N) is 6. The van der Waals surface area contributed by atoms with E-state index in [0.717, 1.165) is 28.1 Å². The maximum Gasteiger partial charge on any atom is 0.434 e. The molecule has 2 aromatic heterocycles. The van der Waals surface area contributed by atoms with Crippen molar-refractivity contribution >= 4 is 18.0 Å². The van der Waals surface area contributed by atoms with Crippen LogP contribution in [0.5, 0.6) is 5.75 Å². The number of methoxy groups -OCH3 is 1. The van der Waals surface area contributed by atoms with Crippen molar-refractivity contribution in [3.63, 3.8) is 0 Å². The number of carbonyl (C=O) groups excluding carboxylic acids is 1. The Hall–Kier alpha value is -5.70. The van der Waals surface area contributed by atoms with Crippen molar-refractivity contribution in [3.8, 4) is 22.6 Å². The van der Waals surface area contributed by atoms with Gasteiger partial charge >= 0.3 is 30.6 Å². The smallest absolute Gasteiger partial charge is 0.434 e. The molecule has 54 heavy (non-hydrogen) atoms. The van der Waals surface area contributed by atoms with Gasteiger partial charge in [-0.15, -0.1) is 0 Å². The molecular formula is C32H23F11N6O5. The van der Waals surface area contributed by atoms with Crippen LogP contribution in [0.15, 0.2) is 48.8 Å². The summed E-state index contributed by atoms with van der Waals surface area (Å²) in [5, 5.41) is 12.9. The molecule has 2 atom stereocenters. The van der Waals surface area contributed by atoms with Crippen LogP contribution in [-0.4, -0.2) is 74.0 Å². The number of rotatable bonds is 8. The molecule has 6 rings (SSSR count). The highest BCUT2D eigenvalue weighted by atomic mass is 19.4. The van der Waals surface area contributed by atoms with Gasteiger partial charge in [-0.25, -0.2) is 33.0 Å². The molecule has 4 aromatic rings. The Morgan fingerprint density at radius 1 is 0.944 bits per heavy atom. The summed E-state index contributed by atoms with van der Waals surface area (Å²) in [7, 11) is 1.18. The first-order chi connectivity index (χ1) is 25.0.